The Morgan fingerprint density at radius 1 is 0.739 bits per heavy atom. The van der Waals surface area contributed by atoms with Crippen LogP contribution in [0, 0.1) is 77.8 Å². The van der Waals surface area contributed by atoms with Crippen LogP contribution in [0.3, 0.4) is 0 Å². The summed E-state index contributed by atoms with van der Waals surface area (Å²) in [6.45, 7) is 25.1. The predicted molar refractivity (Wildman–Crippen MR) is 158 cm³/mol. The van der Waals surface area contributed by atoms with Crippen molar-refractivity contribution in [2.75, 3.05) is 0 Å². The third-order valence-corrected chi connectivity index (χ3v) is 7.49. The number of fused-ring (bicyclic) bond motifs is 2. The van der Waals surface area contributed by atoms with Crippen molar-refractivity contribution in [1.82, 2.24) is 0 Å². The zero-order valence-corrected chi connectivity index (χ0v) is 23.3. The molecule has 5 rings (SSSR count). The van der Waals surface area contributed by atoms with Gasteiger partial charge in [-0.1, -0.05) is 35.9 Å². The van der Waals surface area contributed by atoms with Gasteiger partial charge in [-0.3, -0.25) is 0 Å². The van der Waals surface area contributed by atoms with Crippen LogP contribution in [0.15, 0.2) is 59.9 Å². The standard InChI is InChI=1S/C35H11F4N7/c1-17-5-7-18(8-6-17)28-31(26(16-43)45-3)22-12-21-29(33(36)32(22)34(28)46-4)23(14-41)27(30(21)25(15-42)44-2)19-9-10-20(13-40)24(11-19)35(37,38)39/h5-12H,1H3/b30-25+,31-26-. The van der Waals surface area contributed by atoms with Gasteiger partial charge in [0.2, 0.25) is 5.70 Å². The smallest absolute Gasteiger partial charge is 0.237 e. The average molecular weight is 606 g/mol. The maximum atomic E-state index is 16.9. The van der Waals surface area contributed by atoms with Gasteiger partial charge in [-0.15, -0.1) is 0 Å². The highest BCUT2D eigenvalue weighted by Crippen LogP contribution is 2.56. The van der Waals surface area contributed by atoms with E-state index < -0.39 is 45.7 Å². The van der Waals surface area contributed by atoms with Crippen LogP contribution < -0.4 is 0 Å². The molecular formula is C35H11F4N7. The number of hydrogen-bond acceptors (Lipinski definition) is 4. The molecule has 2 aliphatic carbocycles. The predicted octanol–water partition coefficient (Wildman–Crippen LogP) is 8.58. The Hall–Kier alpha value is -7.23. The number of hydrogen-bond donors (Lipinski definition) is 0. The molecule has 0 N–H and O–H groups in total. The number of allylic oxidation sites excluding steroid dienone is 7. The molecule has 0 amide bonds. The molecule has 0 atom stereocenters. The molecule has 11 heteroatoms. The van der Waals surface area contributed by atoms with Crippen molar-refractivity contribution in [3.05, 3.63) is 150 Å². The van der Waals surface area contributed by atoms with Crippen LogP contribution in [0.4, 0.5) is 17.6 Å². The van der Waals surface area contributed by atoms with E-state index >= 15 is 4.39 Å². The molecule has 46 heavy (non-hydrogen) atoms. The summed E-state index contributed by atoms with van der Waals surface area (Å²) < 4.78 is 58.7. The highest BCUT2D eigenvalue weighted by Gasteiger charge is 2.41. The number of aryl methyl sites for hydroxylation is 1. The maximum Gasteiger partial charge on any atom is 0.417 e. The van der Waals surface area contributed by atoms with Crippen LogP contribution in [0.25, 0.3) is 48.1 Å². The Morgan fingerprint density at radius 3 is 1.80 bits per heavy atom. The number of nitrogens with zero attached hydrogens (tertiary/aromatic N) is 7. The van der Waals surface area contributed by atoms with Gasteiger partial charge in [0.05, 0.1) is 54.6 Å². The molecule has 0 bridgehead atoms. The van der Waals surface area contributed by atoms with Crippen LogP contribution in [0.1, 0.15) is 50.1 Å². The normalized spacial score (nSPS) is 15.3. The third-order valence-electron chi connectivity index (χ3n) is 7.49. The third kappa shape index (κ3) is 4.37. The molecule has 0 saturated carbocycles. The zero-order valence-electron chi connectivity index (χ0n) is 23.3. The van der Waals surface area contributed by atoms with Crippen molar-refractivity contribution in [2.24, 2.45) is 0 Å². The van der Waals surface area contributed by atoms with Gasteiger partial charge in [-0.25, -0.2) is 29.4 Å². The minimum atomic E-state index is -5.00. The van der Waals surface area contributed by atoms with E-state index in [2.05, 4.69) is 14.5 Å². The van der Waals surface area contributed by atoms with Gasteiger partial charge in [0.15, 0.2) is 0 Å². The van der Waals surface area contributed by atoms with Crippen LogP contribution in [-0.2, 0) is 6.18 Å². The highest BCUT2D eigenvalue weighted by molar-refractivity contribution is 6.29. The second-order valence-corrected chi connectivity index (χ2v) is 9.86. The van der Waals surface area contributed by atoms with Crippen molar-refractivity contribution in [2.45, 2.75) is 13.1 Å². The Labute approximate surface area is 259 Å². The molecule has 0 aromatic heterocycles. The fourth-order valence-corrected chi connectivity index (χ4v) is 5.59. The lowest BCUT2D eigenvalue weighted by Gasteiger charge is -2.14. The van der Waals surface area contributed by atoms with Crippen LogP contribution in [0.2, 0.25) is 0 Å². The molecule has 0 saturated heterocycles. The quantitative estimate of drug-likeness (QED) is 0.166. The van der Waals surface area contributed by atoms with E-state index in [-0.39, 0.29) is 50.2 Å². The molecule has 0 fully saturated rings. The summed E-state index contributed by atoms with van der Waals surface area (Å²) in [4.78, 5) is 10.1. The zero-order chi connectivity index (χ0) is 33.5. The van der Waals surface area contributed by atoms with Gasteiger partial charge in [-0.2, -0.15) is 23.7 Å². The summed E-state index contributed by atoms with van der Waals surface area (Å²) in [7, 11) is 0. The van der Waals surface area contributed by atoms with Gasteiger partial charge in [0, 0.05) is 16.7 Å². The molecule has 0 heterocycles. The lowest BCUT2D eigenvalue weighted by Crippen LogP contribution is -2.08. The van der Waals surface area contributed by atoms with Gasteiger partial charge in [-0.05, 0) is 64.1 Å². The number of alkyl halides is 3. The van der Waals surface area contributed by atoms with Crippen molar-refractivity contribution in [3.63, 3.8) is 0 Å². The summed E-state index contributed by atoms with van der Waals surface area (Å²) >= 11 is 0. The van der Waals surface area contributed by atoms with E-state index in [0.717, 1.165) is 17.7 Å². The lowest BCUT2D eigenvalue weighted by molar-refractivity contribution is -0.137. The first-order chi connectivity index (χ1) is 22.0. The number of benzene rings is 3. The topological polar surface area (TPSA) is 108 Å². The van der Waals surface area contributed by atoms with Gasteiger partial charge >= 0.3 is 6.18 Å². The molecule has 7 nitrogen and oxygen atoms in total. The molecule has 0 radical (unpaired) electrons. The fraction of sp³-hybridized carbons (Fsp3) is 0.0571. The van der Waals surface area contributed by atoms with Crippen molar-refractivity contribution >= 4 is 33.6 Å². The largest absolute Gasteiger partial charge is 0.417 e. The van der Waals surface area contributed by atoms with Gasteiger partial charge in [0.1, 0.15) is 11.9 Å². The first-order valence-corrected chi connectivity index (χ1v) is 12.9. The summed E-state index contributed by atoms with van der Waals surface area (Å²) in [6.07, 6.45) is -5.00. The fourth-order valence-electron chi connectivity index (χ4n) is 5.59. The average Bonchev–Trinajstić information content (AvgIpc) is 3.55. The molecular weight excluding hydrogens is 594 g/mol. The van der Waals surface area contributed by atoms with E-state index in [4.69, 9.17) is 19.7 Å². The number of halogens is 4. The first kappa shape index (κ1) is 30.2. The number of nitriles is 4. The summed E-state index contributed by atoms with van der Waals surface area (Å²) in [5.41, 5.74) is -4.92. The highest BCUT2D eigenvalue weighted by atomic mass is 19.4. The monoisotopic (exact) mass is 605 g/mol. The van der Waals surface area contributed by atoms with Crippen molar-refractivity contribution < 1.29 is 17.6 Å². The molecule has 2 aliphatic rings. The molecule has 214 valence electrons. The second kappa shape index (κ2) is 11.1. The van der Waals surface area contributed by atoms with E-state index in [9.17, 15) is 34.2 Å². The van der Waals surface area contributed by atoms with E-state index in [1.807, 2.05) is 6.92 Å². The van der Waals surface area contributed by atoms with Crippen LogP contribution in [0.5, 0.6) is 0 Å². The van der Waals surface area contributed by atoms with E-state index in [1.54, 1.807) is 42.5 Å². The van der Waals surface area contributed by atoms with E-state index in [0.29, 0.717) is 11.6 Å². The Morgan fingerprint density at radius 2 is 1.30 bits per heavy atom. The Balaban J connectivity index is 1.98. The lowest BCUT2D eigenvalue weighted by atomic mass is 9.90. The van der Waals surface area contributed by atoms with Crippen molar-refractivity contribution in [1.29, 1.82) is 21.0 Å². The summed E-state index contributed by atoms with van der Waals surface area (Å²) in [6, 6.07) is 17.2. The van der Waals surface area contributed by atoms with Crippen LogP contribution >= 0.6 is 0 Å². The second-order valence-electron chi connectivity index (χ2n) is 9.86. The van der Waals surface area contributed by atoms with Gasteiger partial charge < -0.3 is 0 Å². The SMILES string of the molecule is [C-]#[N+]C1=C(c2ccc(C)cc2)/C(=C(/C#N)[N+]#[C-])c2cc3c(c(F)c21)C(C#N)=C(c1ccc(C#N)c(C(F)(F)F)c1)/C3=C(\C#N)[N+]#[C-]. The van der Waals surface area contributed by atoms with Gasteiger partial charge in [0.25, 0.3) is 11.4 Å². The summed E-state index contributed by atoms with van der Waals surface area (Å²) in [5.74, 6) is -1.16. The van der Waals surface area contributed by atoms with E-state index in [1.165, 1.54) is 12.1 Å². The number of rotatable bonds is 2. The molecule has 0 unspecified atom stereocenters. The molecule has 3 aromatic carbocycles. The minimum Gasteiger partial charge on any atom is -0.237 e. The first-order valence-electron chi connectivity index (χ1n) is 12.9. The molecule has 3 aromatic rings. The summed E-state index contributed by atoms with van der Waals surface area (Å²) in [5, 5.41) is 39.3. The minimum absolute atomic E-state index is 0.0842. The molecule has 0 spiro atoms. The van der Waals surface area contributed by atoms with Crippen molar-refractivity contribution in [3.8, 4) is 24.3 Å². The Kier molecular flexibility index (Phi) is 7.31. The van der Waals surface area contributed by atoms with Crippen LogP contribution in [-0.4, -0.2) is 0 Å². The molecule has 0 aliphatic heterocycles. The maximum absolute atomic E-state index is 16.9. The Bertz CT molecular complexity index is 2340.